The largest absolute Gasteiger partial charge is 0.481 e. The van der Waals surface area contributed by atoms with Crippen LogP contribution in [0.2, 0.25) is 0 Å². The average Bonchev–Trinajstić information content (AvgIpc) is 2.64. The number of nitrogens with zero attached hydrogens (tertiary/aromatic N) is 1. The summed E-state index contributed by atoms with van der Waals surface area (Å²) >= 11 is 0. The van der Waals surface area contributed by atoms with Crippen LogP contribution in [0.4, 0.5) is 0 Å². The molecule has 0 radical (unpaired) electrons. The van der Waals surface area contributed by atoms with Crippen molar-refractivity contribution < 1.29 is 9.90 Å². The highest BCUT2D eigenvalue weighted by atomic mass is 16.4. The molecule has 0 aromatic carbocycles. The maximum absolute atomic E-state index is 11.9. The number of hydrogen-bond donors (Lipinski definition) is 1. The highest BCUT2D eigenvalue weighted by Gasteiger charge is 2.43. The van der Waals surface area contributed by atoms with E-state index in [-0.39, 0.29) is 0 Å². The van der Waals surface area contributed by atoms with Gasteiger partial charge in [-0.15, -0.1) is 0 Å². The van der Waals surface area contributed by atoms with Crippen molar-refractivity contribution in [3.8, 4) is 0 Å². The molecule has 3 atom stereocenters. The molecule has 1 aliphatic carbocycles. The van der Waals surface area contributed by atoms with Gasteiger partial charge in [0, 0.05) is 6.54 Å². The molecule has 2 rings (SSSR count). The van der Waals surface area contributed by atoms with Crippen molar-refractivity contribution in [1.29, 1.82) is 0 Å². The van der Waals surface area contributed by atoms with Crippen LogP contribution in [-0.2, 0) is 4.79 Å². The maximum Gasteiger partial charge on any atom is 0.310 e. The zero-order chi connectivity index (χ0) is 15.5. The van der Waals surface area contributed by atoms with E-state index >= 15 is 0 Å². The van der Waals surface area contributed by atoms with Crippen molar-refractivity contribution in [2.24, 2.45) is 23.2 Å². The van der Waals surface area contributed by atoms with Crippen molar-refractivity contribution in [1.82, 2.24) is 4.90 Å². The molecule has 1 saturated heterocycles. The number of hydrogen-bond acceptors (Lipinski definition) is 2. The molecule has 1 N–H and O–H groups in total. The lowest BCUT2D eigenvalue weighted by atomic mass is 9.69. The van der Waals surface area contributed by atoms with E-state index in [1.54, 1.807) is 0 Å². The molecule has 3 heteroatoms. The van der Waals surface area contributed by atoms with Crippen LogP contribution >= 0.6 is 0 Å². The zero-order valence-electron chi connectivity index (χ0n) is 14.1. The lowest BCUT2D eigenvalue weighted by Crippen LogP contribution is -2.46. The van der Waals surface area contributed by atoms with Gasteiger partial charge >= 0.3 is 5.97 Å². The second-order valence-corrected chi connectivity index (χ2v) is 8.00. The predicted octanol–water partition coefficient (Wildman–Crippen LogP) is 4.03. The van der Waals surface area contributed by atoms with Gasteiger partial charge in [-0.3, -0.25) is 4.79 Å². The van der Waals surface area contributed by atoms with E-state index in [9.17, 15) is 9.90 Å². The lowest BCUT2D eigenvalue weighted by molar-refractivity contribution is -0.153. The molecule has 0 bridgehead atoms. The van der Waals surface area contributed by atoms with Crippen molar-refractivity contribution in [3.63, 3.8) is 0 Å². The first-order chi connectivity index (χ1) is 9.93. The van der Waals surface area contributed by atoms with Gasteiger partial charge in [-0.25, -0.2) is 0 Å². The van der Waals surface area contributed by atoms with Crippen LogP contribution in [0.15, 0.2) is 0 Å². The van der Waals surface area contributed by atoms with E-state index in [4.69, 9.17) is 0 Å². The molecule has 0 spiro atoms. The monoisotopic (exact) mass is 295 g/mol. The summed E-state index contributed by atoms with van der Waals surface area (Å²) in [5.74, 6) is 1.58. The molecule has 21 heavy (non-hydrogen) atoms. The molecule has 1 saturated carbocycles. The molecule has 1 heterocycles. The molecule has 1 aliphatic heterocycles. The molecule has 0 aromatic heterocycles. The van der Waals surface area contributed by atoms with Crippen LogP contribution in [0.1, 0.15) is 65.7 Å². The third-order valence-corrected chi connectivity index (χ3v) is 5.88. The van der Waals surface area contributed by atoms with Gasteiger partial charge in [0.05, 0.1) is 5.41 Å². The first-order valence-electron chi connectivity index (χ1n) is 8.89. The van der Waals surface area contributed by atoms with Crippen molar-refractivity contribution in [2.75, 3.05) is 19.6 Å². The average molecular weight is 295 g/mol. The quantitative estimate of drug-likeness (QED) is 0.851. The third-order valence-electron chi connectivity index (χ3n) is 5.88. The summed E-state index contributed by atoms with van der Waals surface area (Å²) in [6.45, 7) is 9.81. The lowest BCUT2D eigenvalue weighted by Gasteiger charge is -2.40. The topological polar surface area (TPSA) is 40.5 Å². The molecule has 2 aliphatic rings. The van der Waals surface area contributed by atoms with Crippen LogP contribution in [0.3, 0.4) is 0 Å². The standard InChI is InChI=1S/C18H33NO2/c1-14(2)16-7-5-10-19(11-8-16)13-18(17(20)21)9-4-6-15(3)12-18/h14-16H,4-13H2,1-3H3,(H,20,21). The normalized spacial score (nSPS) is 35.6. The number of rotatable bonds is 4. The second kappa shape index (κ2) is 7.13. The highest BCUT2D eigenvalue weighted by Crippen LogP contribution is 2.41. The Labute approximate surface area is 130 Å². The number of carboxylic acids is 1. The SMILES string of the molecule is CC1CCCC(CN2CCCC(C(C)C)CC2)(C(=O)O)C1. The minimum absolute atomic E-state index is 0.477. The number of carboxylic acid groups (broad SMARTS) is 1. The molecule has 2 fully saturated rings. The molecule has 122 valence electrons. The third kappa shape index (κ3) is 4.21. The van der Waals surface area contributed by atoms with Gasteiger partial charge in [-0.2, -0.15) is 0 Å². The molecule has 3 nitrogen and oxygen atoms in total. The minimum atomic E-state index is -0.557. The fraction of sp³-hybridized carbons (Fsp3) is 0.944. The van der Waals surface area contributed by atoms with Gasteiger partial charge in [0.15, 0.2) is 0 Å². The second-order valence-electron chi connectivity index (χ2n) is 8.00. The summed E-state index contributed by atoms with van der Waals surface area (Å²) in [7, 11) is 0. The summed E-state index contributed by atoms with van der Waals surface area (Å²) in [5.41, 5.74) is -0.477. The Bertz CT molecular complexity index is 355. The van der Waals surface area contributed by atoms with Crippen LogP contribution < -0.4 is 0 Å². The van der Waals surface area contributed by atoms with Crippen LogP contribution in [0.25, 0.3) is 0 Å². The Morgan fingerprint density at radius 2 is 2.00 bits per heavy atom. The Hall–Kier alpha value is -0.570. The Balaban J connectivity index is 1.99. The Morgan fingerprint density at radius 1 is 1.24 bits per heavy atom. The predicted molar refractivity (Wildman–Crippen MR) is 86.3 cm³/mol. The van der Waals surface area contributed by atoms with Crippen molar-refractivity contribution >= 4 is 5.97 Å². The van der Waals surface area contributed by atoms with E-state index in [0.29, 0.717) is 5.92 Å². The Kier molecular flexibility index (Phi) is 5.70. The summed E-state index contributed by atoms with van der Waals surface area (Å²) in [6.07, 6.45) is 7.80. The van der Waals surface area contributed by atoms with Gasteiger partial charge in [-0.05, 0) is 62.9 Å². The van der Waals surface area contributed by atoms with Crippen LogP contribution in [0, 0.1) is 23.2 Å². The Morgan fingerprint density at radius 3 is 2.62 bits per heavy atom. The van der Waals surface area contributed by atoms with Crippen LogP contribution in [-0.4, -0.2) is 35.6 Å². The molecule has 0 aromatic rings. The first kappa shape index (κ1) is 16.8. The minimum Gasteiger partial charge on any atom is -0.481 e. The van der Waals surface area contributed by atoms with Gasteiger partial charge in [0.25, 0.3) is 0 Å². The smallest absolute Gasteiger partial charge is 0.310 e. The molecule has 0 amide bonds. The summed E-state index contributed by atoms with van der Waals surface area (Å²) in [6, 6.07) is 0. The van der Waals surface area contributed by atoms with E-state index in [1.165, 1.54) is 25.7 Å². The van der Waals surface area contributed by atoms with Gasteiger partial charge < -0.3 is 10.0 Å². The fourth-order valence-electron chi connectivity index (χ4n) is 4.50. The summed E-state index contributed by atoms with van der Waals surface area (Å²) in [5, 5.41) is 9.82. The number of aliphatic carboxylic acids is 1. The van der Waals surface area contributed by atoms with Crippen molar-refractivity contribution in [3.05, 3.63) is 0 Å². The van der Waals surface area contributed by atoms with E-state index < -0.39 is 11.4 Å². The van der Waals surface area contributed by atoms with Gasteiger partial charge in [0.2, 0.25) is 0 Å². The summed E-state index contributed by atoms with van der Waals surface area (Å²) in [4.78, 5) is 14.4. The highest BCUT2D eigenvalue weighted by molar-refractivity contribution is 5.75. The van der Waals surface area contributed by atoms with E-state index in [0.717, 1.165) is 50.7 Å². The molecular weight excluding hydrogens is 262 g/mol. The molecule has 3 unspecified atom stereocenters. The first-order valence-corrected chi connectivity index (χ1v) is 8.89. The van der Waals surface area contributed by atoms with E-state index in [1.807, 2.05) is 0 Å². The zero-order valence-corrected chi connectivity index (χ0v) is 14.1. The van der Waals surface area contributed by atoms with Gasteiger partial charge in [0.1, 0.15) is 0 Å². The summed E-state index contributed by atoms with van der Waals surface area (Å²) < 4.78 is 0. The maximum atomic E-state index is 11.9. The molecular formula is C18H33NO2. The van der Waals surface area contributed by atoms with Gasteiger partial charge in [-0.1, -0.05) is 33.6 Å². The fourth-order valence-corrected chi connectivity index (χ4v) is 4.50. The van der Waals surface area contributed by atoms with Crippen LogP contribution in [0.5, 0.6) is 0 Å². The number of carbonyl (C=O) groups is 1. The van der Waals surface area contributed by atoms with Crippen molar-refractivity contribution in [2.45, 2.75) is 65.7 Å². The number of likely N-dealkylation sites (tertiary alicyclic amines) is 1. The van der Waals surface area contributed by atoms with E-state index in [2.05, 4.69) is 25.7 Å².